The summed E-state index contributed by atoms with van der Waals surface area (Å²) >= 11 is 0. The fraction of sp³-hybridized carbons (Fsp3) is 0.414. The molecule has 13 heteroatoms. The monoisotopic (exact) mass is 585 g/mol. The van der Waals surface area contributed by atoms with E-state index in [1.165, 1.54) is 12.1 Å². The Kier molecular flexibility index (Phi) is 7.76. The van der Waals surface area contributed by atoms with Crippen molar-refractivity contribution in [2.75, 3.05) is 11.4 Å². The van der Waals surface area contributed by atoms with Crippen LogP contribution in [0.1, 0.15) is 36.8 Å². The Morgan fingerprint density at radius 1 is 1.10 bits per heavy atom. The second kappa shape index (κ2) is 11.2. The number of rotatable bonds is 8. The molecule has 3 N–H and O–H groups in total. The van der Waals surface area contributed by atoms with Gasteiger partial charge >= 0.3 is 12.1 Å². The van der Waals surface area contributed by atoms with Crippen LogP contribution in [0.25, 0.3) is 0 Å². The zero-order valence-corrected chi connectivity index (χ0v) is 22.2. The van der Waals surface area contributed by atoms with E-state index in [1.54, 1.807) is 29.6 Å². The van der Waals surface area contributed by atoms with E-state index in [9.17, 15) is 42.0 Å². The molecule has 2 aliphatic heterocycles. The summed E-state index contributed by atoms with van der Waals surface area (Å²) in [6.07, 6.45) is -3.98. The molecule has 42 heavy (non-hydrogen) atoms. The van der Waals surface area contributed by atoms with Crippen LogP contribution in [0.15, 0.2) is 48.5 Å². The third-order valence-corrected chi connectivity index (χ3v) is 7.94. The van der Waals surface area contributed by atoms with Crippen molar-refractivity contribution in [2.24, 2.45) is 5.92 Å². The minimum Gasteiger partial charge on any atom is -0.342 e. The number of benzene rings is 2. The molecule has 0 aromatic heterocycles. The lowest BCUT2D eigenvalue weighted by molar-refractivity contribution is -0.174. The van der Waals surface area contributed by atoms with E-state index in [0.717, 1.165) is 29.9 Å². The van der Waals surface area contributed by atoms with Crippen molar-refractivity contribution in [3.8, 4) is 6.07 Å². The van der Waals surface area contributed by atoms with Crippen molar-refractivity contribution in [3.63, 3.8) is 0 Å². The molecule has 4 amide bonds. The molecule has 3 aliphatic rings. The lowest BCUT2D eigenvalue weighted by Gasteiger charge is -2.27. The summed E-state index contributed by atoms with van der Waals surface area (Å²) in [7, 11) is 0. The van der Waals surface area contributed by atoms with Crippen LogP contribution >= 0.6 is 0 Å². The first-order valence-electron chi connectivity index (χ1n) is 13.5. The largest absolute Gasteiger partial charge is 0.471 e. The Bertz CT molecular complexity index is 1470. The van der Waals surface area contributed by atoms with Crippen LogP contribution in [0.5, 0.6) is 0 Å². The number of amides is 4. The van der Waals surface area contributed by atoms with Gasteiger partial charge in [-0.2, -0.15) is 18.4 Å². The van der Waals surface area contributed by atoms with Gasteiger partial charge in [0.1, 0.15) is 17.9 Å². The van der Waals surface area contributed by atoms with Crippen LogP contribution < -0.4 is 20.9 Å². The van der Waals surface area contributed by atoms with Crippen molar-refractivity contribution in [1.82, 2.24) is 16.0 Å². The fourth-order valence-electron chi connectivity index (χ4n) is 5.67. The van der Waals surface area contributed by atoms with Gasteiger partial charge in [0.2, 0.25) is 11.8 Å². The van der Waals surface area contributed by atoms with Crippen LogP contribution in [0.2, 0.25) is 0 Å². The molecule has 1 saturated carbocycles. The van der Waals surface area contributed by atoms with Gasteiger partial charge in [0.25, 0.3) is 5.91 Å². The molecule has 0 bridgehead atoms. The van der Waals surface area contributed by atoms with E-state index >= 15 is 0 Å². The number of nitrogens with zero attached hydrogens (tertiary/aromatic N) is 2. The number of hydrogen-bond acceptors (Lipinski definition) is 6. The molecule has 0 radical (unpaired) electrons. The highest BCUT2D eigenvalue weighted by molar-refractivity contribution is 6.24. The Balaban J connectivity index is 1.43. The fourth-order valence-corrected chi connectivity index (χ4v) is 5.67. The second-order valence-electron chi connectivity index (χ2n) is 10.9. The van der Waals surface area contributed by atoms with E-state index in [0.29, 0.717) is 11.3 Å². The Morgan fingerprint density at radius 2 is 1.83 bits per heavy atom. The zero-order valence-electron chi connectivity index (χ0n) is 22.2. The van der Waals surface area contributed by atoms with Crippen LogP contribution in [0, 0.1) is 23.1 Å². The summed E-state index contributed by atoms with van der Waals surface area (Å²) in [4.78, 5) is 54.0. The predicted molar refractivity (Wildman–Crippen MR) is 140 cm³/mol. The van der Waals surface area contributed by atoms with Crippen molar-refractivity contribution in [1.29, 1.82) is 5.26 Å². The number of carbonyl (C=O) groups is 4. The molecule has 5 rings (SSSR count). The first kappa shape index (κ1) is 29.2. The molecular weight excluding hydrogens is 558 g/mol. The average molecular weight is 586 g/mol. The third kappa shape index (κ3) is 5.72. The van der Waals surface area contributed by atoms with Gasteiger partial charge in [-0.1, -0.05) is 43.2 Å². The number of nitrogens with one attached hydrogen (secondary N) is 3. The Morgan fingerprint density at radius 3 is 2.48 bits per heavy atom. The lowest BCUT2D eigenvalue weighted by atomic mass is 9.79. The topological polar surface area (TPSA) is 131 Å². The summed E-state index contributed by atoms with van der Waals surface area (Å²) < 4.78 is 53.1. The van der Waals surface area contributed by atoms with E-state index in [1.807, 2.05) is 0 Å². The highest BCUT2D eigenvalue weighted by atomic mass is 19.4. The van der Waals surface area contributed by atoms with Gasteiger partial charge < -0.3 is 16.0 Å². The van der Waals surface area contributed by atoms with Crippen molar-refractivity contribution >= 4 is 29.3 Å². The number of halogens is 4. The van der Waals surface area contributed by atoms with Crippen molar-refractivity contribution < 1.29 is 36.7 Å². The maximum absolute atomic E-state index is 14.0. The first-order valence-corrected chi connectivity index (χ1v) is 13.5. The standard InChI is InChI=1S/C29H27F4N5O4/c30-18-5-3-4-17(10-18)12-21(37-26(41)29(31,32)33)24(39)36-22(11-16-8-9-16)25(40)38-23-7-2-1-6-20(23)28(27(38)42)13-19(14-34)35-15-28/h1-7,10,16,19,21-22,35H,8-9,11-13,15H2,(H,36,39)(H,37,41)/t19-,21?,22?,28-/m0/s1. The van der Waals surface area contributed by atoms with Crippen molar-refractivity contribution in [2.45, 2.75) is 61.8 Å². The second-order valence-corrected chi connectivity index (χ2v) is 10.9. The summed E-state index contributed by atoms with van der Waals surface area (Å²) in [5, 5.41) is 16.6. The predicted octanol–water partition coefficient (Wildman–Crippen LogP) is 2.40. The van der Waals surface area contributed by atoms with Crippen LogP contribution in [0.3, 0.4) is 0 Å². The molecule has 4 atom stereocenters. The number of anilines is 1. The van der Waals surface area contributed by atoms with Crippen LogP contribution in [-0.2, 0) is 31.0 Å². The normalized spacial score (nSPS) is 22.8. The summed E-state index contributed by atoms with van der Waals surface area (Å²) in [5.41, 5.74) is -0.147. The molecule has 2 aromatic carbocycles. The number of fused-ring (bicyclic) bond motifs is 2. The molecular formula is C29H27F4N5O4. The van der Waals surface area contributed by atoms with Gasteiger partial charge in [-0.15, -0.1) is 0 Å². The molecule has 2 fully saturated rings. The number of para-hydroxylation sites is 1. The number of imide groups is 1. The molecule has 1 spiro atoms. The quantitative estimate of drug-likeness (QED) is 0.408. The minimum atomic E-state index is -5.29. The van der Waals surface area contributed by atoms with Crippen LogP contribution in [0.4, 0.5) is 23.2 Å². The highest BCUT2D eigenvalue weighted by Gasteiger charge is 2.57. The van der Waals surface area contributed by atoms with Gasteiger partial charge in [0.15, 0.2) is 0 Å². The van der Waals surface area contributed by atoms with E-state index in [2.05, 4.69) is 16.7 Å². The molecule has 1 aliphatic carbocycles. The maximum atomic E-state index is 14.0. The Hall–Kier alpha value is -4.31. The number of carbonyl (C=O) groups excluding carboxylic acids is 4. The summed E-state index contributed by atoms with van der Waals surface area (Å²) in [5.74, 6) is -5.42. The first-order chi connectivity index (χ1) is 19.9. The summed E-state index contributed by atoms with van der Waals surface area (Å²) in [6.45, 7) is 0.129. The molecule has 9 nitrogen and oxygen atoms in total. The Labute approximate surface area is 238 Å². The number of nitriles is 1. The average Bonchev–Trinajstić information content (AvgIpc) is 3.60. The molecule has 1 saturated heterocycles. The van der Waals surface area contributed by atoms with Crippen LogP contribution in [-0.4, -0.2) is 54.5 Å². The molecule has 2 unspecified atom stereocenters. The number of alkyl halides is 3. The van der Waals surface area contributed by atoms with E-state index in [4.69, 9.17) is 0 Å². The van der Waals surface area contributed by atoms with E-state index in [-0.39, 0.29) is 30.9 Å². The van der Waals surface area contributed by atoms with Crippen molar-refractivity contribution in [3.05, 3.63) is 65.5 Å². The smallest absolute Gasteiger partial charge is 0.342 e. The van der Waals surface area contributed by atoms with Gasteiger partial charge in [-0.05, 0) is 48.1 Å². The summed E-state index contributed by atoms with van der Waals surface area (Å²) in [6, 6.07) is 9.89. The lowest BCUT2D eigenvalue weighted by Crippen LogP contribution is -2.57. The minimum absolute atomic E-state index is 0.0451. The molecule has 220 valence electrons. The SMILES string of the molecule is N#C[C@@H]1C[C@@]2(CN1)C(=O)N(C(=O)C(CC1CC1)NC(=O)C(Cc1cccc(F)c1)NC(=O)C(F)(F)F)c1ccccc12. The number of hydrogen-bond donors (Lipinski definition) is 3. The van der Waals surface area contributed by atoms with E-state index < -0.39 is 65.6 Å². The zero-order chi connectivity index (χ0) is 30.2. The third-order valence-electron chi connectivity index (χ3n) is 7.94. The molecule has 2 aromatic rings. The molecule has 2 heterocycles. The van der Waals surface area contributed by atoms with Gasteiger partial charge in [0, 0.05) is 13.0 Å². The maximum Gasteiger partial charge on any atom is 0.471 e. The van der Waals surface area contributed by atoms with Gasteiger partial charge in [0.05, 0.1) is 23.2 Å². The highest BCUT2D eigenvalue weighted by Crippen LogP contribution is 2.47. The van der Waals surface area contributed by atoms with Gasteiger partial charge in [-0.25, -0.2) is 9.29 Å². The van der Waals surface area contributed by atoms with Gasteiger partial charge in [-0.3, -0.25) is 19.2 Å².